The third kappa shape index (κ3) is 5.37. The van der Waals surface area contributed by atoms with Crippen molar-refractivity contribution in [3.63, 3.8) is 0 Å². The lowest BCUT2D eigenvalue weighted by atomic mass is 9.73. The van der Waals surface area contributed by atoms with E-state index in [4.69, 9.17) is 43.6 Å². The highest BCUT2D eigenvalue weighted by Crippen LogP contribution is 2.42. The maximum absolute atomic E-state index is 6.80. The monoisotopic (exact) mass is 647 g/mol. The Balaban J connectivity index is 1.05. The molecular formula is C31H31Cl2N9OS. The first-order valence-electron chi connectivity index (χ1n) is 14.4. The van der Waals surface area contributed by atoms with Crippen LogP contribution < -0.4 is 16.0 Å². The van der Waals surface area contributed by atoms with Crippen molar-refractivity contribution in [2.24, 2.45) is 18.2 Å². The van der Waals surface area contributed by atoms with Gasteiger partial charge in [-0.25, -0.2) is 24.9 Å². The zero-order valence-electron chi connectivity index (χ0n) is 24.2. The van der Waals surface area contributed by atoms with Crippen LogP contribution in [0.2, 0.25) is 10.0 Å². The minimum atomic E-state index is 0.0670. The van der Waals surface area contributed by atoms with Crippen LogP contribution in [0, 0.1) is 5.41 Å². The molecule has 10 nitrogen and oxygen atoms in total. The lowest BCUT2D eigenvalue weighted by Crippen LogP contribution is -2.50. The van der Waals surface area contributed by atoms with E-state index in [2.05, 4.69) is 48.8 Å². The molecule has 0 radical (unpaired) electrons. The number of aromatic nitrogens is 6. The molecule has 2 aliphatic heterocycles. The Kier molecular flexibility index (Phi) is 7.84. The number of ether oxygens (including phenoxy) is 1. The lowest BCUT2D eigenvalue weighted by Gasteiger charge is -2.41. The molecule has 0 amide bonds. The summed E-state index contributed by atoms with van der Waals surface area (Å²) in [6, 6.07) is 10.0. The van der Waals surface area contributed by atoms with Crippen LogP contribution in [0.15, 0.2) is 71.2 Å². The number of nitrogens with two attached hydrogens (primary N) is 1. The van der Waals surface area contributed by atoms with Crippen molar-refractivity contribution in [3.8, 4) is 11.3 Å². The molecule has 2 fully saturated rings. The Morgan fingerprint density at radius 3 is 2.61 bits per heavy atom. The number of para-hydroxylation sites is 1. The van der Waals surface area contributed by atoms with Crippen LogP contribution in [0.25, 0.3) is 22.2 Å². The number of pyridine rings is 1. The van der Waals surface area contributed by atoms with Gasteiger partial charge in [0.25, 0.3) is 0 Å². The predicted octanol–water partition coefficient (Wildman–Crippen LogP) is 6.35. The van der Waals surface area contributed by atoms with Gasteiger partial charge in [-0.3, -0.25) is 0 Å². The number of hydrogen-bond acceptors (Lipinski definition) is 10. The summed E-state index contributed by atoms with van der Waals surface area (Å²) in [5.41, 5.74) is 9.17. The van der Waals surface area contributed by atoms with Gasteiger partial charge in [0.1, 0.15) is 10.8 Å². The van der Waals surface area contributed by atoms with E-state index in [0.29, 0.717) is 27.5 Å². The maximum atomic E-state index is 6.80. The van der Waals surface area contributed by atoms with Gasteiger partial charge in [-0.15, -0.1) is 0 Å². The molecule has 2 aliphatic rings. The minimum Gasteiger partial charge on any atom is -0.376 e. The van der Waals surface area contributed by atoms with Crippen LogP contribution in [0.1, 0.15) is 19.8 Å². The average Bonchev–Trinajstić information content (AvgIpc) is 3.52. The summed E-state index contributed by atoms with van der Waals surface area (Å²) in [4.78, 5) is 26.0. The number of benzene rings is 1. The number of fused-ring (bicyclic) bond motifs is 1. The summed E-state index contributed by atoms with van der Waals surface area (Å²) in [5, 5.41) is 5.82. The highest BCUT2D eigenvalue weighted by Gasteiger charge is 2.47. The summed E-state index contributed by atoms with van der Waals surface area (Å²) in [5.74, 6) is 1.62. The van der Waals surface area contributed by atoms with Crippen molar-refractivity contribution < 1.29 is 4.74 Å². The topological polar surface area (TPSA) is 120 Å². The summed E-state index contributed by atoms with van der Waals surface area (Å²) < 4.78 is 7.91. The van der Waals surface area contributed by atoms with Crippen LogP contribution in [-0.2, 0) is 11.8 Å². The number of hydrogen-bond donors (Lipinski definition) is 2. The summed E-state index contributed by atoms with van der Waals surface area (Å²) in [6.07, 6.45) is 11.0. The van der Waals surface area contributed by atoms with Gasteiger partial charge in [0.15, 0.2) is 5.82 Å². The van der Waals surface area contributed by atoms with Gasteiger partial charge in [0, 0.05) is 65.3 Å². The molecule has 0 unspecified atom stereocenters. The Bertz CT molecular complexity index is 1830. The number of nitrogens with zero attached hydrogens (tertiary/aromatic N) is 7. The molecule has 6 heterocycles. The van der Waals surface area contributed by atoms with Crippen LogP contribution >= 0.6 is 35.0 Å². The first kappa shape index (κ1) is 29.2. The Labute approximate surface area is 269 Å². The summed E-state index contributed by atoms with van der Waals surface area (Å²) in [6.45, 7) is 4.57. The van der Waals surface area contributed by atoms with Crippen molar-refractivity contribution in [3.05, 3.63) is 71.4 Å². The van der Waals surface area contributed by atoms with Gasteiger partial charge in [0.2, 0.25) is 5.95 Å². The smallest absolute Gasteiger partial charge is 0.229 e. The molecule has 44 heavy (non-hydrogen) atoms. The Hall–Kier alpha value is -3.48. The van der Waals surface area contributed by atoms with E-state index in [-0.39, 0.29) is 17.6 Å². The van der Waals surface area contributed by atoms with E-state index in [9.17, 15) is 0 Å². The third-order valence-electron chi connectivity index (χ3n) is 8.74. The molecule has 13 heteroatoms. The fourth-order valence-corrected chi connectivity index (χ4v) is 7.36. The quantitative estimate of drug-likeness (QED) is 0.215. The third-order valence-corrected chi connectivity index (χ3v) is 10.5. The van der Waals surface area contributed by atoms with Crippen LogP contribution in [-0.4, -0.2) is 61.3 Å². The van der Waals surface area contributed by atoms with Gasteiger partial charge >= 0.3 is 0 Å². The molecule has 5 aromatic rings. The van der Waals surface area contributed by atoms with Gasteiger partial charge in [-0.05, 0) is 31.9 Å². The molecule has 226 valence electrons. The highest BCUT2D eigenvalue weighted by atomic mass is 35.5. The molecule has 4 aromatic heterocycles. The molecular weight excluding hydrogens is 617 g/mol. The first-order chi connectivity index (χ1) is 21.3. The molecule has 0 bridgehead atoms. The normalized spacial score (nSPS) is 19.6. The maximum Gasteiger partial charge on any atom is 0.229 e. The number of halogens is 2. The second-order valence-corrected chi connectivity index (χ2v) is 13.2. The Morgan fingerprint density at radius 2 is 1.86 bits per heavy atom. The molecule has 0 saturated carbocycles. The minimum absolute atomic E-state index is 0.0670. The van der Waals surface area contributed by atoms with Crippen molar-refractivity contribution in [2.75, 3.05) is 29.9 Å². The van der Waals surface area contributed by atoms with Gasteiger partial charge in [0.05, 0.1) is 47.0 Å². The van der Waals surface area contributed by atoms with Crippen molar-refractivity contribution >= 4 is 63.5 Å². The SMILES string of the molecule is C[C@@H]1OCC2(CCN(c3cnc(Sc4ccnc(Nc5ncc(Cl)c(-c6cn(C)c7ccccc67)n5)c4Cl)cn3)CC2)[C@@H]1N. The highest BCUT2D eigenvalue weighted by molar-refractivity contribution is 7.99. The van der Waals surface area contributed by atoms with Crippen molar-refractivity contribution in [1.29, 1.82) is 0 Å². The van der Waals surface area contributed by atoms with Crippen molar-refractivity contribution in [2.45, 2.75) is 41.8 Å². The average molecular weight is 649 g/mol. The van der Waals surface area contributed by atoms with E-state index in [1.165, 1.54) is 11.8 Å². The van der Waals surface area contributed by atoms with Crippen LogP contribution in [0.3, 0.4) is 0 Å². The van der Waals surface area contributed by atoms with E-state index < -0.39 is 0 Å². The number of rotatable bonds is 6. The summed E-state index contributed by atoms with van der Waals surface area (Å²) in [7, 11) is 2.00. The molecule has 1 aromatic carbocycles. The van der Waals surface area contributed by atoms with Gasteiger partial charge in [-0.1, -0.05) is 53.2 Å². The predicted molar refractivity (Wildman–Crippen MR) is 175 cm³/mol. The van der Waals surface area contributed by atoms with Gasteiger partial charge in [-0.2, -0.15) is 0 Å². The van der Waals surface area contributed by atoms with E-state index in [1.807, 2.05) is 37.6 Å². The van der Waals surface area contributed by atoms with Crippen LogP contribution in [0.4, 0.5) is 17.6 Å². The zero-order chi connectivity index (χ0) is 30.4. The summed E-state index contributed by atoms with van der Waals surface area (Å²) >= 11 is 14.8. The molecule has 1 spiro atoms. The standard InChI is InChI=1S/C31H31Cl2N9OS/c1-18-28(34)31(17-43-18)8-11-42(12-9-31)24-14-37-25(15-36-24)44-23-7-10-35-29(26(23)33)40-30-38-13-21(32)27(39-30)20-16-41(2)22-6-4-3-5-19(20)22/h3-7,10,13-16,18,28H,8-9,11-12,17,34H2,1-2H3,(H,35,38,39,40)/t18-,28+/m0/s1. The number of anilines is 3. The van der Waals surface area contributed by atoms with Gasteiger partial charge < -0.3 is 25.3 Å². The first-order valence-corrected chi connectivity index (χ1v) is 16.0. The molecule has 7 rings (SSSR count). The van der Waals surface area contributed by atoms with Crippen LogP contribution in [0.5, 0.6) is 0 Å². The molecule has 2 atom stereocenters. The van der Waals surface area contributed by atoms with Crippen molar-refractivity contribution in [1.82, 2.24) is 29.5 Å². The second-order valence-electron chi connectivity index (χ2n) is 11.4. The number of nitrogens with one attached hydrogen (secondary N) is 1. The molecule has 0 aliphatic carbocycles. The number of aryl methyl sites for hydroxylation is 1. The number of piperidine rings is 1. The van der Waals surface area contributed by atoms with E-state index in [1.54, 1.807) is 18.6 Å². The molecule has 2 saturated heterocycles. The molecule has 3 N–H and O–H groups in total. The van der Waals surface area contributed by atoms with E-state index >= 15 is 0 Å². The lowest BCUT2D eigenvalue weighted by molar-refractivity contribution is 0.0974. The fourth-order valence-electron chi connectivity index (χ4n) is 6.14. The Morgan fingerprint density at radius 1 is 1.05 bits per heavy atom. The second kappa shape index (κ2) is 11.8. The zero-order valence-corrected chi connectivity index (χ0v) is 26.6. The van der Waals surface area contributed by atoms with E-state index in [0.717, 1.165) is 64.7 Å². The largest absolute Gasteiger partial charge is 0.376 e. The fraction of sp³-hybridized carbons (Fsp3) is 0.323.